The molecule has 3 aromatic heterocycles. The van der Waals surface area contributed by atoms with Crippen LogP contribution in [0.1, 0.15) is 11.9 Å². The standard InChI is InChI=1S/C18H15N5O2S2/c1-2-14-21-22-18(27-14)20-13(24)8-23-10-19-16-15(17(23)25)12(9-26-16)11-6-4-3-5-7-11/h3-7,9-10H,2,8H2,1H3,(H,20,22,24). The molecule has 0 atom stereocenters. The normalized spacial score (nSPS) is 11.0. The van der Waals surface area contributed by atoms with Gasteiger partial charge >= 0.3 is 0 Å². The Morgan fingerprint density at radius 3 is 2.78 bits per heavy atom. The van der Waals surface area contributed by atoms with Gasteiger partial charge in [0.25, 0.3) is 5.56 Å². The van der Waals surface area contributed by atoms with Crippen molar-refractivity contribution >= 4 is 43.9 Å². The molecule has 3 heterocycles. The predicted molar refractivity (Wildman–Crippen MR) is 107 cm³/mol. The van der Waals surface area contributed by atoms with Gasteiger partial charge in [-0.2, -0.15) is 0 Å². The Morgan fingerprint density at radius 2 is 2.04 bits per heavy atom. The second-order valence-electron chi connectivity index (χ2n) is 5.78. The Bertz CT molecular complexity index is 1160. The number of aromatic nitrogens is 4. The fourth-order valence-corrected chi connectivity index (χ4v) is 4.27. The van der Waals surface area contributed by atoms with Crippen molar-refractivity contribution in [3.8, 4) is 11.1 Å². The molecule has 9 heteroatoms. The number of carbonyl (C=O) groups is 1. The summed E-state index contributed by atoms with van der Waals surface area (Å²) < 4.78 is 1.32. The van der Waals surface area contributed by atoms with Crippen molar-refractivity contribution < 1.29 is 4.79 Å². The van der Waals surface area contributed by atoms with Crippen LogP contribution in [-0.2, 0) is 17.8 Å². The summed E-state index contributed by atoms with van der Waals surface area (Å²) in [6.45, 7) is 1.84. The van der Waals surface area contributed by atoms with E-state index in [1.807, 2.05) is 42.6 Å². The zero-order chi connectivity index (χ0) is 18.8. The molecule has 0 aliphatic heterocycles. The van der Waals surface area contributed by atoms with Gasteiger partial charge in [-0.1, -0.05) is 48.6 Å². The van der Waals surface area contributed by atoms with Crippen molar-refractivity contribution in [3.63, 3.8) is 0 Å². The fourth-order valence-electron chi connectivity index (χ4n) is 2.67. The lowest BCUT2D eigenvalue weighted by Crippen LogP contribution is -2.27. The van der Waals surface area contributed by atoms with E-state index in [1.54, 1.807) is 0 Å². The number of hydrogen-bond donors (Lipinski definition) is 1. The number of nitrogens with zero attached hydrogens (tertiary/aromatic N) is 4. The van der Waals surface area contributed by atoms with E-state index in [1.165, 1.54) is 33.6 Å². The summed E-state index contributed by atoms with van der Waals surface area (Å²) in [4.78, 5) is 30.3. The van der Waals surface area contributed by atoms with Gasteiger partial charge in [-0.05, 0) is 12.0 Å². The van der Waals surface area contributed by atoms with E-state index >= 15 is 0 Å². The number of rotatable bonds is 5. The van der Waals surface area contributed by atoms with E-state index in [0.29, 0.717) is 15.3 Å². The quantitative estimate of drug-likeness (QED) is 0.559. The number of fused-ring (bicyclic) bond motifs is 1. The largest absolute Gasteiger partial charge is 0.299 e. The molecule has 136 valence electrons. The van der Waals surface area contributed by atoms with Crippen LogP contribution in [0.25, 0.3) is 21.3 Å². The summed E-state index contributed by atoms with van der Waals surface area (Å²) in [5.41, 5.74) is 1.55. The first-order chi connectivity index (χ1) is 13.2. The Kier molecular flexibility index (Phi) is 4.78. The van der Waals surface area contributed by atoms with Crippen LogP contribution in [-0.4, -0.2) is 25.7 Å². The third kappa shape index (κ3) is 3.51. The molecular weight excluding hydrogens is 382 g/mol. The topological polar surface area (TPSA) is 89.8 Å². The molecule has 1 amide bonds. The molecule has 1 N–H and O–H groups in total. The molecule has 0 unspecified atom stereocenters. The third-order valence-corrected chi connectivity index (χ3v) is 5.84. The molecule has 0 spiro atoms. The van der Waals surface area contributed by atoms with Crippen molar-refractivity contribution in [3.05, 3.63) is 57.4 Å². The van der Waals surface area contributed by atoms with E-state index in [2.05, 4.69) is 20.5 Å². The first-order valence-corrected chi connectivity index (χ1v) is 9.99. The minimum Gasteiger partial charge on any atom is -0.299 e. The van der Waals surface area contributed by atoms with Crippen LogP contribution >= 0.6 is 22.7 Å². The van der Waals surface area contributed by atoms with Gasteiger partial charge in [0.2, 0.25) is 11.0 Å². The Balaban J connectivity index is 1.63. The van der Waals surface area contributed by atoms with Crippen LogP contribution in [0.3, 0.4) is 0 Å². The van der Waals surface area contributed by atoms with Crippen LogP contribution in [0.15, 0.2) is 46.8 Å². The van der Waals surface area contributed by atoms with E-state index in [-0.39, 0.29) is 18.0 Å². The lowest BCUT2D eigenvalue weighted by Gasteiger charge is -2.06. The molecule has 7 nitrogen and oxygen atoms in total. The monoisotopic (exact) mass is 397 g/mol. The SMILES string of the molecule is CCc1nnc(NC(=O)Cn2cnc3scc(-c4ccccc4)c3c2=O)s1. The summed E-state index contributed by atoms with van der Waals surface area (Å²) >= 11 is 2.74. The van der Waals surface area contributed by atoms with Crippen LogP contribution in [0.5, 0.6) is 0 Å². The summed E-state index contributed by atoms with van der Waals surface area (Å²) in [5, 5.41) is 14.3. The van der Waals surface area contributed by atoms with Gasteiger partial charge in [-0.3, -0.25) is 19.5 Å². The van der Waals surface area contributed by atoms with Crippen LogP contribution < -0.4 is 10.9 Å². The lowest BCUT2D eigenvalue weighted by atomic mass is 10.1. The highest BCUT2D eigenvalue weighted by atomic mass is 32.1. The van der Waals surface area contributed by atoms with Crippen molar-refractivity contribution in [2.75, 3.05) is 5.32 Å². The molecule has 0 aliphatic rings. The van der Waals surface area contributed by atoms with Crippen molar-refractivity contribution in [1.29, 1.82) is 0 Å². The van der Waals surface area contributed by atoms with Gasteiger partial charge in [-0.25, -0.2) is 4.98 Å². The van der Waals surface area contributed by atoms with Crippen LogP contribution in [0.2, 0.25) is 0 Å². The second kappa shape index (κ2) is 7.37. The molecule has 0 saturated carbocycles. The van der Waals surface area contributed by atoms with E-state index < -0.39 is 0 Å². The van der Waals surface area contributed by atoms with Gasteiger partial charge < -0.3 is 0 Å². The number of carbonyl (C=O) groups excluding carboxylic acids is 1. The number of aryl methyl sites for hydroxylation is 1. The van der Waals surface area contributed by atoms with E-state index in [0.717, 1.165) is 22.6 Å². The highest BCUT2D eigenvalue weighted by Gasteiger charge is 2.15. The van der Waals surface area contributed by atoms with Crippen molar-refractivity contribution in [1.82, 2.24) is 19.7 Å². The highest BCUT2D eigenvalue weighted by Crippen LogP contribution is 2.30. The summed E-state index contributed by atoms with van der Waals surface area (Å²) in [6, 6.07) is 9.68. The van der Waals surface area contributed by atoms with Crippen molar-refractivity contribution in [2.24, 2.45) is 0 Å². The maximum absolute atomic E-state index is 12.9. The average molecular weight is 397 g/mol. The predicted octanol–water partition coefficient (Wildman–Crippen LogP) is 3.18. The Morgan fingerprint density at radius 1 is 1.22 bits per heavy atom. The zero-order valence-electron chi connectivity index (χ0n) is 14.4. The van der Waals surface area contributed by atoms with Crippen LogP contribution in [0, 0.1) is 0 Å². The number of hydrogen-bond acceptors (Lipinski definition) is 7. The number of benzene rings is 1. The second-order valence-corrected chi connectivity index (χ2v) is 7.70. The van der Waals surface area contributed by atoms with Gasteiger partial charge in [0.05, 0.1) is 11.7 Å². The maximum atomic E-state index is 12.9. The van der Waals surface area contributed by atoms with Crippen LogP contribution in [0.4, 0.5) is 5.13 Å². The van der Waals surface area contributed by atoms with Gasteiger partial charge in [0.1, 0.15) is 16.4 Å². The maximum Gasteiger partial charge on any atom is 0.263 e. The van der Waals surface area contributed by atoms with Crippen molar-refractivity contribution in [2.45, 2.75) is 19.9 Å². The van der Waals surface area contributed by atoms with Gasteiger partial charge in [-0.15, -0.1) is 21.5 Å². The first kappa shape index (κ1) is 17.5. The number of anilines is 1. The summed E-state index contributed by atoms with van der Waals surface area (Å²) in [6.07, 6.45) is 2.17. The smallest absolute Gasteiger partial charge is 0.263 e. The Labute approximate surface area is 162 Å². The molecule has 27 heavy (non-hydrogen) atoms. The lowest BCUT2D eigenvalue weighted by molar-refractivity contribution is -0.116. The summed E-state index contributed by atoms with van der Waals surface area (Å²) in [5.74, 6) is -0.339. The molecule has 0 radical (unpaired) electrons. The van der Waals surface area contributed by atoms with E-state index in [4.69, 9.17) is 0 Å². The van der Waals surface area contributed by atoms with E-state index in [9.17, 15) is 9.59 Å². The minimum atomic E-state index is -0.339. The molecule has 1 aromatic carbocycles. The average Bonchev–Trinajstić information content (AvgIpc) is 3.32. The van der Waals surface area contributed by atoms with Gasteiger partial charge in [0, 0.05) is 10.9 Å². The van der Waals surface area contributed by atoms with Gasteiger partial charge in [0.15, 0.2) is 0 Å². The molecule has 0 bridgehead atoms. The molecule has 0 saturated heterocycles. The number of nitrogens with one attached hydrogen (secondary N) is 1. The minimum absolute atomic E-state index is 0.132. The third-order valence-electron chi connectivity index (χ3n) is 3.98. The molecule has 0 aliphatic carbocycles. The number of amides is 1. The summed E-state index contributed by atoms with van der Waals surface area (Å²) in [7, 11) is 0. The fraction of sp³-hybridized carbons (Fsp3) is 0.167. The Hall–Kier alpha value is -2.91. The molecule has 0 fully saturated rings. The zero-order valence-corrected chi connectivity index (χ0v) is 16.0. The molecule has 4 aromatic rings. The molecule has 4 rings (SSSR count). The molecular formula is C18H15N5O2S2. The highest BCUT2D eigenvalue weighted by molar-refractivity contribution is 7.17. The number of thiophene rings is 1. The first-order valence-electron chi connectivity index (χ1n) is 8.30.